The number of carboxylic acid groups (broad SMARTS) is 2. The van der Waals surface area contributed by atoms with Crippen molar-refractivity contribution in [2.24, 2.45) is 28.9 Å². The topological polar surface area (TPSA) is 361 Å². The van der Waals surface area contributed by atoms with Gasteiger partial charge in [0.2, 0.25) is 35.4 Å². The maximum absolute atomic E-state index is 13.6. The fourth-order valence-electron chi connectivity index (χ4n) is 4.73. The largest absolute Gasteiger partial charge is 0.481 e. The third kappa shape index (κ3) is 19.0. The Morgan fingerprint density at radius 3 is 1.43 bits per heavy atom. The number of aliphatic carboxylic acids is 2. The summed E-state index contributed by atoms with van der Waals surface area (Å²) in [5.74, 6) is -8.69. The Labute approximate surface area is 296 Å². The Hall–Kier alpha value is -4.40. The van der Waals surface area contributed by atoms with Crippen LogP contribution in [0.15, 0.2) is 0 Å². The number of amides is 6. The summed E-state index contributed by atoms with van der Waals surface area (Å²) in [6.07, 6.45) is -1.08. The summed E-state index contributed by atoms with van der Waals surface area (Å²) in [6.45, 7) is 4.95. The molecule has 0 saturated heterocycles. The summed E-state index contributed by atoms with van der Waals surface area (Å²) in [7, 11) is 0. The Morgan fingerprint density at radius 2 is 1.00 bits per heavy atom. The number of carbonyl (C=O) groups excluding carboxylic acids is 6. The van der Waals surface area contributed by atoms with Gasteiger partial charge >= 0.3 is 11.9 Å². The number of nitrogens with two attached hydrogens (primary N) is 4. The van der Waals surface area contributed by atoms with Crippen molar-refractivity contribution in [1.82, 2.24) is 26.6 Å². The molecule has 0 unspecified atom stereocenters. The van der Waals surface area contributed by atoms with Crippen LogP contribution in [0.25, 0.3) is 0 Å². The van der Waals surface area contributed by atoms with Gasteiger partial charge in [0.15, 0.2) is 0 Å². The summed E-state index contributed by atoms with van der Waals surface area (Å²) >= 11 is 0. The second kappa shape index (κ2) is 24.7. The molecule has 0 aliphatic carbocycles. The fraction of sp³-hybridized carbons (Fsp3) is 0.742. The zero-order chi connectivity index (χ0) is 39.3. The Bertz CT molecular complexity index is 1190. The first-order chi connectivity index (χ1) is 23.9. The quantitative estimate of drug-likeness (QED) is 0.0361. The van der Waals surface area contributed by atoms with Gasteiger partial charge in [0.1, 0.15) is 30.2 Å². The highest BCUT2D eigenvalue weighted by molar-refractivity contribution is 5.96. The number of hydrogen-bond donors (Lipinski definition) is 12. The number of hydrogen-bond acceptors (Lipinski definition) is 12. The van der Waals surface area contributed by atoms with Gasteiger partial charge in [-0.25, -0.2) is 4.79 Å². The first-order valence-electron chi connectivity index (χ1n) is 16.9. The molecule has 0 aliphatic rings. The van der Waals surface area contributed by atoms with E-state index < -0.39 is 115 Å². The number of nitrogens with one attached hydrogen (secondary N) is 5. The van der Waals surface area contributed by atoms with Gasteiger partial charge in [-0.15, -0.1) is 0 Å². The van der Waals surface area contributed by atoms with E-state index in [0.29, 0.717) is 32.2 Å². The molecular weight excluding hydrogens is 674 g/mol. The van der Waals surface area contributed by atoms with Gasteiger partial charge in [0.05, 0.1) is 12.1 Å². The molecule has 0 rings (SSSR count). The van der Waals surface area contributed by atoms with Crippen LogP contribution >= 0.6 is 0 Å². The molecular formula is C31H57N9O11. The van der Waals surface area contributed by atoms with Crippen LogP contribution in [0.1, 0.15) is 85.0 Å². The molecule has 7 atom stereocenters. The van der Waals surface area contributed by atoms with Crippen molar-refractivity contribution in [3.8, 4) is 0 Å². The maximum atomic E-state index is 13.6. The molecule has 20 nitrogen and oxygen atoms in total. The number of carboxylic acids is 2. The van der Waals surface area contributed by atoms with E-state index in [2.05, 4.69) is 26.6 Å². The first kappa shape index (κ1) is 46.6. The third-order valence-electron chi connectivity index (χ3n) is 7.77. The molecule has 0 saturated carbocycles. The highest BCUT2D eigenvalue weighted by Gasteiger charge is 2.34. The van der Waals surface area contributed by atoms with E-state index >= 15 is 0 Å². The van der Waals surface area contributed by atoms with E-state index in [1.54, 1.807) is 0 Å². The van der Waals surface area contributed by atoms with Crippen LogP contribution < -0.4 is 49.5 Å². The molecule has 6 amide bonds. The number of primary amides is 1. The van der Waals surface area contributed by atoms with Crippen molar-refractivity contribution < 1.29 is 53.7 Å². The lowest BCUT2D eigenvalue weighted by molar-refractivity contribution is -0.143. The summed E-state index contributed by atoms with van der Waals surface area (Å²) in [5.41, 5.74) is 22.2. The van der Waals surface area contributed by atoms with Crippen molar-refractivity contribution in [3.63, 3.8) is 0 Å². The monoisotopic (exact) mass is 731 g/mol. The molecule has 0 heterocycles. The number of rotatable bonds is 27. The normalized spacial score (nSPS) is 15.2. The van der Waals surface area contributed by atoms with Crippen molar-refractivity contribution in [2.45, 2.75) is 127 Å². The molecule has 0 bridgehead atoms. The molecule has 51 heavy (non-hydrogen) atoms. The lowest BCUT2D eigenvalue weighted by Gasteiger charge is -2.28. The minimum atomic E-state index is -1.59. The molecule has 0 aromatic carbocycles. The van der Waals surface area contributed by atoms with Crippen LogP contribution in [0.4, 0.5) is 0 Å². The standard InChI is InChI=1S/C31H57N9O11/c1-16(2)24(31(50)51)39-29(48)20(10-12-22(35)42)36-28(47)21(11-13-23(43)44)37-27(46)19(9-5-7-15-33)38-30(49)25(17(3)41)40-26(45)18(34)8-4-6-14-32/h16-21,24-25,41H,4-15,32-34H2,1-3H3,(H2,35,42)(H,36,47)(H,37,46)(H,38,49)(H,39,48)(H,40,45)(H,43,44)(H,50,51)/t17-,18+,19+,20+,21+,24+,25+/m1/s1. The molecule has 0 fully saturated rings. The smallest absolute Gasteiger partial charge is 0.326 e. The molecule has 0 radical (unpaired) electrons. The van der Waals surface area contributed by atoms with Crippen LogP contribution in [0, 0.1) is 5.92 Å². The van der Waals surface area contributed by atoms with Crippen LogP contribution in [-0.4, -0.2) is 118 Å². The van der Waals surface area contributed by atoms with Gasteiger partial charge in [-0.2, -0.15) is 0 Å². The SMILES string of the molecule is CC(C)[C@H](NC(=O)[C@H](CCC(N)=O)NC(=O)[C@H](CCC(=O)O)NC(=O)[C@H](CCCCN)NC(=O)[C@@H](NC(=O)[C@@H](N)CCCCN)[C@@H](C)O)C(=O)O. The third-order valence-corrected chi connectivity index (χ3v) is 7.77. The molecule has 292 valence electrons. The summed E-state index contributed by atoms with van der Waals surface area (Å²) in [4.78, 5) is 101. The van der Waals surface area contributed by atoms with Crippen molar-refractivity contribution >= 4 is 47.4 Å². The molecule has 0 aromatic heterocycles. The summed E-state index contributed by atoms with van der Waals surface area (Å²) in [6, 6.07) is -8.35. The summed E-state index contributed by atoms with van der Waals surface area (Å²) in [5, 5.41) is 40.9. The van der Waals surface area contributed by atoms with E-state index in [9.17, 15) is 53.7 Å². The van der Waals surface area contributed by atoms with Crippen LogP contribution in [0.3, 0.4) is 0 Å². The second-order valence-electron chi connectivity index (χ2n) is 12.6. The Morgan fingerprint density at radius 1 is 0.569 bits per heavy atom. The van der Waals surface area contributed by atoms with Gasteiger partial charge in [0.25, 0.3) is 0 Å². The average molecular weight is 732 g/mol. The van der Waals surface area contributed by atoms with Gasteiger partial charge in [-0.1, -0.05) is 20.3 Å². The number of unbranched alkanes of at least 4 members (excludes halogenated alkanes) is 2. The van der Waals surface area contributed by atoms with Crippen LogP contribution in [-0.2, 0) is 38.4 Å². The zero-order valence-corrected chi connectivity index (χ0v) is 29.5. The Kier molecular flexibility index (Phi) is 22.6. The van der Waals surface area contributed by atoms with Gasteiger partial charge in [0, 0.05) is 12.8 Å². The summed E-state index contributed by atoms with van der Waals surface area (Å²) < 4.78 is 0. The van der Waals surface area contributed by atoms with Gasteiger partial charge < -0.3 is 64.8 Å². The number of aliphatic hydroxyl groups is 1. The highest BCUT2D eigenvalue weighted by Crippen LogP contribution is 2.09. The average Bonchev–Trinajstić information content (AvgIpc) is 3.04. The van der Waals surface area contributed by atoms with Gasteiger partial charge in [-0.05, 0) is 70.9 Å². The number of carbonyl (C=O) groups is 8. The van der Waals surface area contributed by atoms with E-state index in [0.717, 1.165) is 0 Å². The van der Waals surface area contributed by atoms with Crippen LogP contribution in [0.2, 0.25) is 0 Å². The minimum absolute atomic E-state index is 0.0173. The molecule has 20 heteroatoms. The molecule has 0 aromatic rings. The molecule has 0 spiro atoms. The highest BCUT2D eigenvalue weighted by atomic mass is 16.4. The zero-order valence-electron chi connectivity index (χ0n) is 29.5. The van der Waals surface area contributed by atoms with E-state index in [-0.39, 0.29) is 25.8 Å². The second-order valence-corrected chi connectivity index (χ2v) is 12.6. The van der Waals surface area contributed by atoms with E-state index in [1.165, 1.54) is 20.8 Å². The lowest BCUT2D eigenvalue weighted by Crippen LogP contribution is -2.61. The van der Waals surface area contributed by atoms with Crippen LogP contribution in [0.5, 0.6) is 0 Å². The first-order valence-corrected chi connectivity index (χ1v) is 16.9. The minimum Gasteiger partial charge on any atom is -0.481 e. The van der Waals surface area contributed by atoms with Gasteiger partial charge in [-0.3, -0.25) is 33.6 Å². The number of aliphatic hydroxyl groups excluding tert-OH is 1. The Balaban J connectivity index is 6.21. The fourth-order valence-corrected chi connectivity index (χ4v) is 4.73. The lowest BCUT2D eigenvalue weighted by atomic mass is 10.0. The molecule has 16 N–H and O–H groups in total. The van der Waals surface area contributed by atoms with E-state index in [1.807, 2.05) is 0 Å². The van der Waals surface area contributed by atoms with Crippen molar-refractivity contribution in [2.75, 3.05) is 13.1 Å². The predicted molar refractivity (Wildman–Crippen MR) is 183 cm³/mol. The van der Waals surface area contributed by atoms with Crippen molar-refractivity contribution in [1.29, 1.82) is 0 Å². The molecule has 0 aliphatic heterocycles. The maximum Gasteiger partial charge on any atom is 0.326 e. The predicted octanol–water partition coefficient (Wildman–Crippen LogP) is -3.75. The van der Waals surface area contributed by atoms with E-state index in [4.69, 9.17) is 22.9 Å². The van der Waals surface area contributed by atoms with Crippen molar-refractivity contribution in [3.05, 3.63) is 0 Å².